The highest BCUT2D eigenvalue weighted by Gasteiger charge is 2.36. The minimum Gasteiger partial charge on any atom is -0.411 e. The molecule has 2 aromatic rings. The van der Waals surface area contributed by atoms with E-state index in [1.807, 2.05) is 49.4 Å². The van der Waals surface area contributed by atoms with E-state index in [2.05, 4.69) is 15.4 Å². The lowest BCUT2D eigenvalue weighted by Gasteiger charge is -2.42. The minimum absolute atomic E-state index is 0.0946. The number of hydrogen-bond acceptors (Lipinski definition) is 4. The molecule has 1 amide bonds. The first kappa shape index (κ1) is 13.8. The monoisotopic (exact) mass is 307 g/mol. The van der Waals surface area contributed by atoms with Gasteiger partial charge in [-0.3, -0.25) is 4.79 Å². The Bertz CT molecular complexity index is 812. The van der Waals surface area contributed by atoms with Crippen molar-refractivity contribution in [3.8, 4) is 0 Å². The SMILES string of the molecule is Cc1ccc(C2NC(=O)c3cccc4c3N2CCC4=NO)cc1. The Hall–Kier alpha value is -2.82. The summed E-state index contributed by atoms with van der Waals surface area (Å²) in [5.41, 5.74) is 5.20. The third kappa shape index (κ3) is 2.08. The van der Waals surface area contributed by atoms with Gasteiger partial charge in [0.05, 0.1) is 17.0 Å². The molecule has 116 valence electrons. The lowest BCUT2D eigenvalue weighted by molar-refractivity contribution is 0.0926. The van der Waals surface area contributed by atoms with Crippen LogP contribution in [0.1, 0.15) is 39.6 Å². The maximum atomic E-state index is 12.5. The summed E-state index contributed by atoms with van der Waals surface area (Å²) in [6.45, 7) is 2.74. The van der Waals surface area contributed by atoms with Crippen LogP contribution in [-0.2, 0) is 0 Å². The quantitative estimate of drug-likeness (QED) is 0.629. The van der Waals surface area contributed by atoms with Crippen LogP contribution < -0.4 is 10.2 Å². The Labute approximate surface area is 134 Å². The first-order chi connectivity index (χ1) is 11.2. The van der Waals surface area contributed by atoms with E-state index in [9.17, 15) is 10.0 Å². The van der Waals surface area contributed by atoms with E-state index in [-0.39, 0.29) is 12.1 Å². The summed E-state index contributed by atoms with van der Waals surface area (Å²) in [7, 11) is 0. The lowest BCUT2D eigenvalue weighted by atomic mass is 9.92. The van der Waals surface area contributed by atoms with Crippen molar-refractivity contribution >= 4 is 17.3 Å². The molecule has 0 radical (unpaired) electrons. The normalized spacial score (nSPS) is 21.1. The number of hydrogen-bond donors (Lipinski definition) is 2. The van der Waals surface area contributed by atoms with Gasteiger partial charge in [0, 0.05) is 18.5 Å². The summed E-state index contributed by atoms with van der Waals surface area (Å²) in [6.07, 6.45) is 0.447. The maximum Gasteiger partial charge on any atom is 0.255 e. The Morgan fingerprint density at radius 3 is 2.65 bits per heavy atom. The van der Waals surface area contributed by atoms with Crippen LogP contribution in [0.4, 0.5) is 5.69 Å². The molecule has 0 spiro atoms. The van der Waals surface area contributed by atoms with Crippen molar-refractivity contribution in [2.24, 2.45) is 5.16 Å². The molecule has 4 rings (SSSR count). The number of para-hydroxylation sites is 1. The summed E-state index contributed by atoms with van der Waals surface area (Å²) in [5.74, 6) is -0.0946. The summed E-state index contributed by atoms with van der Waals surface area (Å²) >= 11 is 0. The number of nitrogens with zero attached hydrogens (tertiary/aromatic N) is 2. The van der Waals surface area contributed by atoms with Crippen molar-refractivity contribution in [2.75, 3.05) is 11.4 Å². The second-order valence-electron chi connectivity index (χ2n) is 5.98. The van der Waals surface area contributed by atoms with Crippen LogP contribution in [0.5, 0.6) is 0 Å². The molecule has 2 heterocycles. The van der Waals surface area contributed by atoms with Gasteiger partial charge in [-0.05, 0) is 18.6 Å². The number of benzene rings is 2. The number of carbonyl (C=O) groups excluding carboxylic acids is 1. The number of rotatable bonds is 1. The predicted molar refractivity (Wildman–Crippen MR) is 88.1 cm³/mol. The van der Waals surface area contributed by atoms with Gasteiger partial charge in [-0.15, -0.1) is 0 Å². The topological polar surface area (TPSA) is 64.9 Å². The molecule has 0 saturated heterocycles. The van der Waals surface area contributed by atoms with Crippen molar-refractivity contribution in [1.82, 2.24) is 5.32 Å². The fraction of sp³-hybridized carbons (Fsp3) is 0.222. The Kier molecular flexibility index (Phi) is 3.08. The van der Waals surface area contributed by atoms with Gasteiger partial charge in [-0.25, -0.2) is 0 Å². The molecule has 2 aliphatic heterocycles. The van der Waals surface area contributed by atoms with E-state index >= 15 is 0 Å². The zero-order valence-corrected chi connectivity index (χ0v) is 12.8. The van der Waals surface area contributed by atoms with Gasteiger partial charge >= 0.3 is 0 Å². The average Bonchev–Trinajstić information content (AvgIpc) is 2.58. The minimum atomic E-state index is -0.197. The third-order valence-electron chi connectivity index (χ3n) is 4.56. The van der Waals surface area contributed by atoms with E-state index < -0.39 is 0 Å². The van der Waals surface area contributed by atoms with Crippen LogP contribution in [-0.4, -0.2) is 23.4 Å². The molecule has 2 aliphatic rings. The molecule has 0 aromatic heterocycles. The first-order valence-corrected chi connectivity index (χ1v) is 7.67. The highest BCUT2D eigenvalue weighted by Crippen LogP contribution is 2.39. The van der Waals surface area contributed by atoms with Gasteiger partial charge in [-0.2, -0.15) is 0 Å². The molecule has 1 unspecified atom stereocenters. The zero-order valence-electron chi connectivity index (χ0n) is 12.8. The van der Waals surface area contributed by atoms with Crippen LogP contribution in [0.2, 0.25) is 0 Å². The largest absolute Gasteiger partial charge is 0.411 e. The van der Waals surface area contributed by atoms with Gasteiger partial charge in [0.1, 0.15) is 6.17 Å². The summed E-state index contributed by atoms with van der Waals surface area (Å²) < 4.78 is 0. The van der Waals surface area contributed by atoms with Crippen molar-refractivity contribution in [2.45, 2.75) is 19.5 Å². The summed E-state index contributed by atoms with van der Waals surface area (Å²) in [4.78, 5) is 14.7. The highest BCUT2D eigenvalue weighted by atomic mass is 16.4. The number of aryl methyl sites for hydroxylation is 1. The molecule has 0 aliphatic carbocycles. The van der Waals surface area contributed by atoms with Crippen molar-refractivity contribution in [3.63, 3.8) is 0 Å². The highest BCUT2D eigenvalue weighted by molar-refractivity contribution is 6.13. The molecular weight excluding hydrogens is 290 g/mol. The van der Waals surface area contributed by atoms with Gasteiger partial charge < -0.3 is 15.4 Å². The van der Waals surface area contributed by atoms with E-state index in [1.165, 1.54) is 5.56 Å². The van der Waals surface area contributed by atoms with Gasteiger partial charge in [0.2, 0.25) is 0 Å². The molecule has 5 nitrogen and oxygen atoms in total. The summed E-state index contributed by atoms with van der Waals surface area (Å²) in [6, 6.07) is 13.7. The van der Waals surface area contributed by atoms with Crippen LogP contribution in [0.25, 0.3) is 0 Å². The standard InChI is InChI=1S/C18H17N3O2/c1-11-5-7-12(8-6-11)17-19-18(22)14-4-2-3-13-15(20-23)9-10-21(17)16(13)14/h2-8,17,23H,9-10H2,1H3,(H,19,22). The zero-order chi connectivity index (χ0) is 16.0. The molecule has 23 heavy (non-hydrogen) atoms. The smallest absolute Gasteiger partial charge is 0.255 e. The molecule has 0 saturated carbocycles. The number of carbonyl (C=O) groups is 1. The van der Waals surface area contributed by atoms with E-state index in [0.717, 1.165) is 16.8 Å². The Balaban J connectivity index is 1.87. The van der Waals surface area contributed by atoms with Crippen molar-refractivity contribution < 1.29 is 10.0 Å². The van der Waals surface area contributed by atoms with Crippen LogP contribution >= 0.6 is 0 Å². The van der Waals surface area contributed by atoms with Crippen LogP contribution in [0.15, 0.2) is 47.6 Å². The fourth-order valence-corrected chi connectivity index (χ4v) is 3.40. The molecule has 5 heteroatoms. The van der Waals surface area contributed by atoms with Crippen molar-refractivity contribution in [3.05, 3.63) is 64.7 Å². The first-order valence-electron chi connectivity index (χ1n) is 7.67. The number of amides is 1. The Morgan fingerprint density at radius 2 is 1.91 bits per heavy atom. The second kappa shape index (κ2) is 5.12. The third-order valence-corrected chi connectivity index (χ3v) is 4.56. The van der Waals surface area contributed by atoms with E-state index in [4.69, 9.17) is 0 Å². The maximum absolute atomic E-state index is 12.5. The molecule has 1 atom stereocenters. The van der Waals surface area contributed by atoms with E-state index in [0.29, 0.717) is 24.2 Å². The van der Waals surface area contributed by atoms with Crippen molar-refractivity contribution in [1.29, 1.82) is 0 Å². The van der Waals surface area contributed by atoms with Gasteiger partial charge in [0.15, 0.2) is 0 Å². The summed E-state index contributed by atoms with van der Waals surface area (Å²) in [5, 5.41) is 15.8. The Morgan fingerprint density at radius 1 is 1.17 bits per heavy atom. The number of oxime groups is 1. The lowest BCUT2D eigenvalue weighted by Crippen LogP contribution is -2.49. The molecule has 0 bridgehead atoms. The number of anilines is 1. The van der Waals surface area contributed by atoms with Crippen LogP contribution in [0, 0.1) is 6.92 Å². The second-order valence-corrected chi connectivity index (χ2v) is 5.98. The molecule has 2 N–H and O–H groups in total. The van der Waals surface area contributed by atoms with Gasteiger partial charge in [-0.1, -0.05) is 47.1 Å². The molecule has 0 fully saturated rings. The van der Waals surface area contributed by atoms with Gasteiger partial charge in [0.25, 0.3) is 5.91 Å². The molecule has 2 aromatic carbocycles. The molecular formula is C18H17N3O2. The average molecular weight is 307 g/mol. The predicted octanol–water partition coefficient (Wildman–Crippen LogP) is 2.83. The fourth-order valence-electron chi connectivity index (χ4n) is 3.40. The van der Waals surface area contributed by atoms with Crippen LogP contribution in [0.3, 0.4) is 0 Å². The number of nitrogens with one attached hydrogen (secondary N) is 1. The van der Waals surface area contributed by atoms with E-state index in [1.54, 1.807) is 0 Å².